The number of hydrogen-bond acceptors (Lipinski definition) is 1. The molecule has 0 spiro atoms. The lowest BCUT2D eigenvalue weighted by Gasteiger charge is -2.36. The van der Waals surface area contributed by atoms with Gasteiger partial charge in [0.25, 0.3) is 0 Å². The molecule has 0 bridgehead atoms. The molecule has 3 atom stereocenters. The van der Waals surface area contributed by atoms with Crippen molar-refractivity contribution in [1.29, 1.82) is 0 Å². The summed E-state index contributed by atoms with van der Waals surface area (Å²) in [5.74, 6) is 0.608. The molecule has 0 aliphatic carbocycles. The Hall–Kier alpha value is -0.300. The first-order valence-electron chi connectivity index (χ1n) is 7.96. The number of hydrogen-bond donors (Lipinski definition) is 0. The molecule has 1 aliphatic rings. The van der Waals surface area contributed by atoms with Crippen LogP contribution in [0.4, 0.5) is 0 Å². The minimum absolute atomic E-state index is 0.442. The first kappa shape index (κ1) is 15.8. The van der Waals surface area contributed by atoms with Crippen LogP contribution >= 0.6 is 0 Å². The van der Waals surface area contributed by atoms with Crippen LogP contribution in [0.5, 0.6) is 0 Å². The minimum Gasteiger partial charge on any atom is -0.375 e. The van der Waals surface area contributed by atoms with E-state index >= 15 is 0 Å². The third-order valence-electron chi connectivity index (χ3n) is 4.22. The Bertz CT molecular complexity index is 234. The van der Waals surface area contributed by atoms with Crippen molar-refractivity contribution in [2.24, 2.45) is 5.92 Å². The molecule has 0 unspecified atom stereocenters. The molecule has 1 nitrogen and oxygen atoms in total. The minimum atomic E-state index is 0.442. The fraction of sp³-hybridized carbons (Fsp3) is 0.882. The van der Waals surface area contributed by atoms with Gasteiger partial charge in [-0.3, -0.25) is 0 Å². The van der Waals surface area contributed by atoms with Gasteiger partial charge in [-0.15, -0.1) is 0 Å². The Kier molecular flexibility index (Phi) is 7.65. The van der Waals surface area contributed by atoms with Gasteiger partial charge in [-0.1, -0.05) is 57.6 Å². The Labute approximate surface area is 114 Å². The molecule has 0 amide bonds. The predicted octanol–water partition coefficient (Wildman–Crippen LogP) is 5.50. The van der Waals surface area contributed by atoms with Gasteiger partial charge < -0.3 is 4.74 Å². The summed E-state index contributed by atoms with van der Waals surface area (Å²) >= 11 is 0. The van der Waals surface area contributed by atoms with Crippen LogP contribution in [0.15, 0.2) is 12.2 Å². The molecule has 0 aromatic carbocycles. The number of ether oxygens (including phenoxy) is 1. The maximum Gasteiger partial charge on any atom is 0.0643 e. The molecule has 1 heteroatoms. The molecule has 1 aliphatic heterocycles. The average Bonchev–Trinajstić information content (AvgIpc) is 2.33. The second-order valence-electron chi connectivity index (χ2n) is 6.07. The van der Waals surface area contributed by atoms with E-state index in [4.69, 9.17) is 4.74 Å². The van der Waals surface area contributed by atoms with Gasteiger partial charge in [-0.25, -0.2) is 0 Å². The maximum atomic E-state index is 6.13. The van der Waals surface area contributed by atoms with Gasteiger partial charge in [-0.05, 0) is 33.1 Å². The maximum absolute atomic E-state index is 6.13. The first-order valence-corrected chi connectivity index (χ1v) is 7.96. The fourth-order valence-corrected chi connectivity index (χ4v) is 3.02. The van der Waals surface area contributed by atoms with Gasteiger partial charge in [-0.2, -0.15) is 0 Å². The van der Waals surface area contributed by atoms with E-state index in [9.17, 15) is 0 Å². The highest BCUT2D eigenvalue weighted by Gasteiger charge is 2.29. The van der Waals surface area contributed by atoms with Crippen molar-refractivity contribution in [1.82, 2.24) is 0 Å². The van der Waals surface area contributed by atoms with Crippen molar-refractivity contribution in [3.8, 4) is 0 Å². The van der Waals surface area contributed by atoms with Gasteiger partial charge in [0.1, 0.15) is 0 Å². The van der Waals surface area contributed by atoms with Gasteiger partial charge in [0.05, 0.1) is 12.2 Å². The van der Waals surface area contributed by atoms with E-state index in [0.29, 0.717) is 18.1 Å². The molecular formula is C17H32O. The van der Waals surface area contributed by atoms with Gasteiger partial charge in [0, 0.05) is 5.92 Å². The summed E-state index contributed by atoms with van der Waals surface area (Å²) in [4.78, 5) is 0. The lowest BCUT2D eigenvalue weighted by molar-refractivity contribution is -0.0691. The van der Waals surface area contributed by atoms with Crippen LogP contribution < -0.4 is 0 Å². The lowest BCUT2D eigenvalue weighted by Crippen LogP contribution is -2.34. The average molecular weight is 252 g/mol. The van der Waals surface area contributed by atoms with Crippen LogP contribution in [0.1, 0.15) is 78.6 Å². The zero-order valence-electron chi connectivity index (χ0n) is 12.7. The smallest absolute Gasteiger partial charge is 0.0643 e. The van der Waals surface area contributed by atoms with Crippen LogP contribution in [-0.4, -0.2) is 12.2 Å². The zero-order chi connectivity index (χ0) is 13.4. The summed E-state index contributed by atoms with van der Waals surface area (Å²) in [5.41, 5.74) is 1.32. The Morgan fingerprint density at radius 3 is 2.44 bits per heavy atom. The first-order chi connectivity index (χ1) is 8.65. The van der Waals surface area contributed by atoms with Gasteiger partial charge in [0.15, 0.2) is 0 Å². The van der Waals surface area contributed by atoms with E-state index in [1.165, 1.54) is 63.4 Å². The van der Waals surface area contributed by atoms with Crippen molar-refractivity contribution in [2.75, 3.05) is 0 Å². The highest BCUT2D eigenvalue weighted by molar-refractivity contribution is 5.01. The SMILES string of the molecule is C=C(C)[C@H]1CC[C@H](C)O[C@@H]1CCCCCCCC. The largest absolute Gasteiger partial charge is 0.375 e. The highest BCUT2D eigenvalue weighted by Crippen LogP contribution is 2.32. The van der Waals surface area contributed by atoms with E-state index in [0.717, 1.165) is 0 Å². The standard InChI is InChI=1S/C17H32O/c1-5-6-7-8-9-10-11-17-16(14(2)3)13-12-15(4)18-17/h15-17H,2,5-13H2,1,3-4H3/t15-,16+,17+/m0/s1. The Balaban J connectivity index is 2.22. The molecule has 18 heavy (non-hydrogen) atoms. The van der Waals surface area contributed by atoms with Crippen molar-refractivity contribution < 1.29 is 4.74 Å². The fourth-order valence-electron chi connectivity index (χ4n) is 3.02. The van der Waals surface area contributed by atoms with Crippen LogP contribution in [0.2, 0.25) is 0 Å². The van der Waals surface area contributed by atoms with Crippen molar-refractivity contribution in [2.45, 2.75) is 90.8 Å². The highest BCUT2D eigenvalue weighted by atomic mass is 16.5. The molecule has 0 N–H and O–H groups in total. The van der Waals surface area contributed by atoms with Crippen LogP contribution in [0.25, 0.3) is 0 Å². The molecule has 1 saturated heterocycles. The summed E-state index contributed by atoms with van der Waals surface area (Å²) in [6.07, 6.45) is 12.8. The molecule has 0 aromatic rings. The second kappa shape index (κ2) is 8.74. The van der Waals surface area contributed by atoms with E-state index in [-0.39, 0.29) is 0 Å². The molecule has 106 valence electrons. The Morgan fingerprint density at radius 2 is 1.78 bits per heavy atom. The monoisotopic (exact) mass is 252 g/mol. The van der Waals surface area contributed by atoms with E-state index in [2.05, 4.69) is 27.4 Å². The number of unbranched alkanes of at least 4 members (excludes halogenated alkanes) is 5. The topological polar surface area (TPSA) is 9.23 Å². The summed E-state index contributed by atoms with van der Waals surface area (Å²) in [7, 11) is 0. The predicted molar refractivity (Wildman–Crippen MR) is 79.9 cm³/mol. The van der Waals surface area contributed by atoms with E-state index < -0.39 is 0 Å². The van der Waals surface area contributed by atoms with Gasteiger partial charge >= 0.3 is 0 Å². The molecular weight excluding hydrogens is 220 g/mol. The van der Waals surface area contributed by atoms with Crippen LogP contribution in [-0.2, 0) is 4.74 Å². The molecule has 1 fully saturated rings. The summed E-state index contributed by atoms with van der Waals surface area (Å²) in [6.45, 7) is 10.8. The Morgan fingerprint density at radius 1 is 1.11 bits per heavy atom. The van der Waals surface area contributed by atoms with Crippen LogP contribution in [0.3, 0.4) is 0 Å². The lowest BCUT2D eigenvalue weighted by atomic mass is 9.84. The van der Waals surface area contributed by atoms with Crippen molar-refractivity contribution >= 4 is 0 Å². The second-order valence-corrected chi connectivity index (χ2v) is 6.07. The summed E-state index contributed by atoms with van der Waals surface area (Å²) in [6, 6.07) is 0. The zero-order valence-corrected chi connectivity index (χ0v) is 12.7. The summed E-state index contributed by atoms with van der Waals surface area (Å²) < 4.78 is 6.13. The molecule has 0 saturated carbocycles. The molecule has 0 radical (unpaired) electrons. The summed E-state index contributed by atoms with van der Waals surface area (Å²) in [5, 5.41) is 0. The number of rotatable bonds is 8. The van der Waals surface area contributed by atoms with E-state index in [1.807, 2.05) is 0 Å². The van der Waals surface area contributed by atoms with Gasteiger partial charge in [0.2, 0.25) is 0 Å². The van der Waals surface area contributed by atoms with Crippen molar-refractivity contribution in [3.05, 3.63) is 12.2 Å². The third kappa shape index (κ3) is 5.56. The molecule has 1 heterocycles. The third-order valence-corrected chi connectivity index (χ3v) is 4.22. The van der Waals surface area contributed by atoms with Crippen LogP contribution in [0, 0.1) is 5.92 Å². The van der Waals surface area contributed by atoms with E-state index in [1.54, 1.807) is 0 Å². The van der Waals surface area contributed by atoms with Crippen molar-refractivity contribution in [3.63, 3.8) is 0 Å². The molecule has 1 rings (SSSR count). The normalized spacial score (nSPS) is 28.3. The quantitative estimate of drug-likeness (QED) is 0.409. The molecule has 0 aromatic heterocycles.